The van der Waals surface area contributed by atoms with Gasteiger partial charge >= 0.3 is 0 Å². The maximum atomic E-state index is 10.6. The number of carbonyl (C=O) groups is 1. The summed E-state index contributed by atoms with van der Waals surface area (Å²) < 4.78 is 19.4. The number of aldehydes is 1. The summed E-state index contributed by atoms with van der Waals surface area (Å²) in [6.07, 6.45) is 0.302. The Morgan fingerprint density at radius 3 is 2.57 bits per heavy atom. The van der Waals surface area contributed by atoms with Crippen molar-refractivity contribution in [3.63, 3.8) is 0 Å². The van der Waals surface area contributed by atoms with Crippen LogP contribution in [0.3, 0.4) is 0 Å². The average molecular weight is 215 g/mol. The first kappa shape index (κ1) is 10.5. The third-order valence-corrected chi connectivity index (χ3v) is 2.27. The molecular formula is C7H5NO5S. The summed E-state index contributed by atoms with van der Waals surface area (Å²) in [7, 11) is 0. The summed E-state index contributed by atoms with van der Waals surface area (Å²) in [5.74, 6) is 0. The lowest BCUT2D eigenvalue weighted by molar-refractivity contribution is -0.384. The van der Waals surface area contributed by atoms with Gasteiger partial charge in [0.15, 0.2) is 17.4 Å². The van der Waals surface area contributed by atoms with Crippen molar-refractivity contribution in [2.45, 2.75) is 4.90 Å². The fourth-order valence-electron chi connectivity index (χ4n) is 0.901. The average Bonchev–Trinajstić information content (AvgIpc) is 2.16. The van der Waals surface area contributed by atoms with Gasteiger partial charge in [0.1, 0.15) is 0 Å². The number of non-ortho nitro benzene ring substituents is 1. The lowest BCUT2D eigenvalue weighted by Gasteiger charge is -1.98. The normalized spacial score (nSPS) is 12.1. The van der Waals surface area contributed by atoms with E-state index in [-0.39, 0.29) is 16.1 Å². The van der Waals surface area contributed by atoms with Crippen molar-refractivity contribution >= 4 is 23.1 Å². The minimum absolute atomic E-state index is 0.134. The van der Waals surface area contributed by atoms with Crippen LogP contribution in [-0.4, -0.2) is 20.0 Å². The smallest absolute Gasteiger partial charge is 0.270 e. The van der Waals surface area contributed by atoms with Gasteiger partial charge < -0.3 is 4.55 Å². The first-order chi connectivity index (χ1) is 6.56. The lowest BCUT2D eigenvalue weighted by atomic mass is 10.2. The van der Waals surface area contributed by atoms with E-state index in [1.165, 1.54) is 0 Å². The molecule has 1 aromatic rings. The van der Waals surface area contributed by atoms with Gasteiger partial charge in [-0.1, -0.05) is 0 Å². The van der Waals surface area contributed by atoms with Gasteiger partial charge in [-0.25, -0.2) is 4.21 Å². The lowest BCUT2D eigenvalue weighted by Crippen LogP contribution is -1.97. The predicted molar refractivity (Wildman–Crippen MR) is 47.5 cm³/mol. The van der Waals surface area contributed by atoms with Crippen molar-refractivity contribution in [3.05, 3.63) is 33.9 Å². The monoisotopic (exact) mass is 215 g/mol. The van der Waals surface area contributed by atoms with E-state index in [0.29, 0.717) is 6.29 Å². The predicted octanol–water partition coefficient (Wildman–Crippen LogP) is 0.988. The van der Waals surface area contributed by atoms with Crippen LogP contribution in [0.2, 0.25) is 0 Å². The number of rotatable bonds is 3. The number of benzene rings is 1. The molecule has 0 bridgehead atoms. The van der Waals surface area contributed by atoms with E-state index < -0.39 is 16.0 Å². The van der Waals surface area contributed by atoms with E-state index in [9.17, 15) is 19.1 Å². The van der Waals surface area contributed by atoms with E-state index in [0.717, 1.165) is 18.2 Å². The number of hydrogen-bond acceptors (Lipinski definition) is 4. The van der Waals surface area contributed by atoms with E-state index >= 15 is 0 Å². The summed E-state index contributed by atoms with van der Waals surface area (Å²) in [6, 6.07) is 3.10. The van der Waals surface area contributed by atoms with E-state index in [4.69, 9.17) is 4.55 Å². The third-order valence-electron chi connectivity index (χ3n) is 1.52. The molecular weight excluding hydrogens is 210 g/mol. The third kappa shape index (κ3) is 2.01. The van der Waals surface area contributed by atoms with Gasteiger partial charge in [0.25, 0.3) is 5.69 Å². The van der Waals surface area contributed by atoms with Gasteiger partial charge in [0.05, 0.1) is 9.82 Å². The quantitative estimate of drug-likeness (QED) is 0.351. The number of hydrogen-bond donors (Lipinski definition) is 1. The molecule has 0 saturated heterocycles. The molecule has 6 nitrogen and oxygen atoms in total. The van der Waals surface area contributed by atoms with Crippen molar-refractivity contribution in [2.75, 3.05) is 0 Å². The largest absolute Gasteiger partial charge is 0.302 e. The Kier molecular flexibility index (Phi) is 3.05. The molecule has 0 aliphatic rings. The summed E-state index contributed by atoms with van der Waals surface area (Å²) >= 11 is -2.32. The van der Waals surface area contributed by atoms with Crippen LogP contribution in [0.25, 0.3) is 0 Å². The Labute approximate surface area is 81.0 Å². The summed E-state index contributed by atoms with van der Waals surface area (Å²) in [6.45, 7) is 0. The number of nitro benzene ring substituents is 1. The van der Waals surface area contributed by atoms with Gasteiger partial charge in [-0.3, -0.25) is 14.9 Å². The van der Waals surface area contributed by atoms with Crippen LogP contribution in [0.4, 0.5) is 5.69 Å². The van der Waals surface area contributed by atoms with Gasteiger partial charge in [-0.15, -0.1) is 0 Å². The highest BCUT2D eigenvalue weighted by Crippen LogP contribution is 2.18. The molecule has 14 heavy (non-hydrogen) atoms. The molecule has 1 atom stereocenters. The second-order valence-electron chi connectivity index (χ2n) is 2.35. The second kappa shape index (κ2) is 4.07. The van der Waals surface area contributed by atoms with Gasteiger partial charge in [0, 0.05) is 17.7 Å². The second-order valence-corrected chi connectivity index (χ2v) is 3.28. The number of nitro groups is 1. The topological polar surface area (TPSA) is 97.5 Å². The molecule has 0 aliphatic carbocycles. The van der Waals surface area contributed by atoms with E-state index in [1.54, 1.807) is 0 Å². The highest BCUT2D eigenvalue weighted by Gasteiger charge is 2.13. The molecule has 0 aliphatic heterocycles. The SMILES string of the molecule is O=Cc1cc([N+](=O)[O-])ccc1S(=O)O. The fourth-order valence-corrected chi connectivity index (χ4v) is 1.39. The van der Waals surface area contributed by atoms with Crippen LogP contribution < -0.4 is 0 Å². The molecule has 0 amide bonds. The van der Waals surface area contributed by atoms with Crippen molar-refractivity contribution in [2.24, 2.45) is 0 Å². The minimum Gasteiger partial charge on any atom is -0.302 e. The van der Waals surface area contributed by atoms with Crippen LogP contribution in [0.5, 0.6) is 0 Å². The molecule has 0 aromatic heterocycles. The summed E-state index contributed by atoms with van der Waals surface area (Å²) in [5.41, 5.74) is -0.443. The number of carbonyl (C=O) groups excluding carboxylic acids is 1. The Morgan fingerprint density at radius 2 is 2.14 bits per heavy atom. The Balaban J connectivity index is 3.32. The van der Waals surface area contributed by atoms with Crippen LogP contribution >= 0.6 is 0 Å². The first-order valence-electron chi connectivity index (χ1n) is 3.40. The molecule has 1 rings (SSSR count). The molecule has 1 aromatic carbocycles. The molecule has 0 heterocycles. The highest BCUT2D eigenvalue weighted by molar-refractivity contribution is 7.79. The summed E-state index contributed by atoms with van der Waals surface area (Å²) in [5, 5.41) is 10.3. The Bertz CT molecular complexity index is 417. The zero-order valence-corrected chi connectivity index (χ0v) is 7.56. The molecule has 1 unspecified atom stereocenters. The van der Waals surface area contributed by atoms with E-state index in [2.05, 4.69) is 0 Å². The molecule has 1 N–H and O–H groups in total. The fraction of sp³-hybridized carbons (Fsp3) is 0. The van der Waals surface area contributed by atoms with Crippen molar-refractivity contribution in [3.8, 4) is 0 Å². The van der Waals surface area contributed by atoms with Crippen LogP contribution in [0.1, 0.15) is 10.4 Å². The molecule has 74 valence electrons. The molecule has 7 heteroatoms. The molecule has 0 saturated carbocycles. The highest BCUT2D eigenvalue weighted by atomic mass is 32.2. The van der Waals surface area contributed by atoms with Gasteiger partial charge in [-0.2, -0.15) is 0 Å². The van der Waals surface area contributed by atoms with Crippen LogP contribution in [0.15, 0.2) is 23.1 Å². The Hall–Kier alpha value is -1.60. The van der Waals surface area contributed by atoms with Crippen molar-refractivity contribution < 1.29 is 18.5 Å². The van der Waals surface area contributed by atoms with E-state index in [1.807, 2.05) is 0 Å². The molecule has 0 spiro atoms. The van der Waals surface area contributed by atoms with Gasteiger partial charge in [-0.05, 0) is 6.07 Å². The number of nitrogens with zero attached hydrogens (tertiary/aromatic N) is 1. The standard InChI is InChI=1S/C7H5NO5S/c9-4-5-3-6(8(10)11)1-2-7(5)14(12)13/h1-4H,(H,12,13). The maximum Gasteiger partial charge on any atom is 0.270 e. The molecule has 0 radical (unpaired) electrons. The minimum atomic E-state index is -2.32. The van der Waals surface area contributed by atoms with Crippen molar-refractivity contribution in [1.29, 1.82) is 0 Å². The van der Waals surface area contributed by atoms with Crippen LogP contribution in [0, 0.1) is 10.1 Å². The summed E-state index contributed by atoms with van der Waals surface area (Å²) in [4.78, 5) is 19.9. The van der Waals surface area contributed by atoms with Crippen molar-refractivity contribution in [1.82, 2.24) is 0 Å². The Morgan fingerprint density at radius 1 is 1.50 bits per heavy atom. The zero-order chi connectivity index (χ0) is 10.7. The molecule has 0 fully saturated rings. The van der Waals surface area contributed by atoms with Crippen LogP contribution in [-0.2, 0) is 11.1 Å². The zero-order valence-electron chi connectivity index (χ0n) is 6.75. The van der Waals surface area contributed by atoms with Gasteiger partial charge in [0.2, 0.25) is 0 Å². The maximum absolute atomic E-state index is 10.6. The first-order valence-corrected chi connectivity index (χ1v) is 4.51.